The normalized spacial score (nSPS) is 37.3. The lowest BCUT2D eigenvalue weighted by molar-refractivity contribution is -0.0140. The first-order valence-electron chi connectivity index (χ1n) is 12.3. The highest BCUT2D eigenvalue weighted by atomic mass is 16.1. The molecule has 2 heterocycles. The number of aromatic nitrogens is 5. The SMILES string of the molecule is C[C@]12CC[C@H](NC(=O)c3ccnnc3)CC1=CCC1C2CC[C@]2(C)C(n3ccnn3)=CCC12. The number of fused-ring (bicyclic) bond motifs is 5. The van der Waals surface area contributed by atoms with Crippen LogP contribution in [0.25, 0.3) is 5.70 Å². The Morgan fingerprint density at radius 3 is 2.70 bits per heavy atom. The first kappa shape index (κ1) is 20.8. The summed E-state index contributed by atoms with van der Waals surface area (Å²) in [6, 6.07) is 1.92. The highest BCUT2D eigenvalue weighted by molar-refractivity contribution is 5.93. The molecule has 7 heteroatoms. The first-order valence-corrected chi connectivity index (χ1v) is 12.3. The number of rotatable bonds is 3. The van der Waals surface area contributed by atoms with Gasteiger partial charge in [-0.3, -0.25) is 4.79 Å². The third-order valence-corrected chi connectivity index (χ3v) is 9.49. The van der Waals surface area contributed by atoms with Gasteiger partial charge in [0.1, 0.15) is 0 Å². The second-order valence-electron chi connectivity index (χ2n) is 10.9. The van der Waals surface area contributed by atoms with Crippen LogP contribution >= 0.6 is 0 Å². The molecule has 2 fully saturated rings. The number of hydrogen-bond donors (Lipinski definition) is 1. The van der Waals surface area contributed by atoms with E-state index in [-0.39, 0.29) is 22.8 Å². The maximum Gasteiger partial charge on any atom is 0.253 e. The zero-order chi connectivity index (χ0) is 22.6. The van der Waals surface area contributed by atoms with Crippen molar-refractivity contribution in [3.05, 3.63) is 54.1 Å². The predicted octanol–water partition coefficient (Wildman–Crippen LogP) is 4.28. The Bertz CT molecular complexity index is 1110. The molecule has 4 aliphatic rings. The molecule has 0 bridgehead atoms. The van der Waals surface area contributed by atoms with Crippen molar-refractivity contribution in [1.29, 1.82) is 0 Å². The summed E-state index contributed by atoms with van der Waals surface area (Å²) in [6.07, 6.45) is 19.7. The molecule has 2 saturated carbocycles. The molecule has 0 saturated heterocycles. The number of amides is 1. The minimum absolute atomic E-state index is 0.0427. The maximum atomic E-state index is 12.7. The van der Waals surface area contributed by atoms with Crippen LogP contribution in [0, 0.1) is 28.6 Å². The summed E-state index contributed by atoms with van der Waals surface area (Å²) in [4.78, 5) is 12.7. The summed E-state index contributed by atoms with van der Waals surface area (Å²) in [6.45, 7) is 4.96. The van der Waals surface area contributed by atoms with Crippen LogP contribution in [-0.2, 0) is 0 Å². The molecular weight excluding hydrogens is 412 g/mol. The van der Waals surface area contributed by atoms with Crippen molar-refractivity contribution in [2.45, 2.75) is 64.8 Å². The molecule has 6 atom stereocenters. The van der Waals surface area contributed by atoms with Crippen molar-refractivity contribution in [3.63, 3.8) is 0 Å². The Labute approximate surface area is 194 Å². The number of carbonyl (C=O) groups is 1. The Morgan fingerprint density at radius 2 is 1.91 bits per heavy atom. The van der Waals surface area contributed by atoms with Gasteiger partial charge < -0.3 is 5.32 Å². The monoisotopic (exact) mass is 444 g/mol. The second-order valence-corrected chi connectivity index (χ2v) is 10.9. The number of nitrogens with one attached hydrogen (secondary N) is 1. The second kappa shape index (κ2) is 7.61. The zero-order valence-corrected chi connectivity index (χ0v) is 19.4. The van der Waals surface area contributed by atoms with Crippen LogP contribution in [0.15, 0.2) is 48.6 Å². The summed E-state index contributed by atoms with van der Waals surface area (Å²) >= 11 is 0. The largest absolute Gasteiger partial charge is 0.349 e. The third kappa shape index (κ3) is 3.19. The fourth-order valence-corrected chi connectivity index (χ4v) is 7.71. The van der Waals surface area contributed by atoms with Crippen LogP contribution in [0.4, 0.5) is 0 Å². The molecule has 0 radical (unpaired) electrons. The summed E-state index contributed by atoms with van der Waals surface area (Å²) in [7, 11) is 0. The summed E-state index contributed by atoms with van der Waals surface area (Å²) < 4.78 is 2.00. The molecule has 4 aliphatic carbocycles. The van der Waals surface area contributed by atoms with Gasteiger partial charge in [-0.15, -0.1) is 5.10 Å². The van der Waals surface area contributed by atoms with E-state index < -0.39 is 0 Å². The molecule has 0 spiro atoms. The predicted molar refractivity (Wildman–Crippen MR) is 125 cm³/mol. The molecule has 172 valence electrons. The minimum Gasteiger partial charge on any atom is -0.349 e. The lowest BCUT2D eigenvalue weighted by Gasteiger charge is -2.57. The van der Waals surface area contributed by atoms with Gasteiger partial charge in [0.2, 0.25) is 0 Å². The van der Waals surface area contributed by atoms with Crippen LogP contribution in [0.2, 0.25) is 0 Å². The highest BCUT2D eigenvalue weighted by Gasteiger charge is 2.57. The number of carbonyl (C=O) groups excluding carboxylic acids is 1. The molecule has 2 aromatic heterocycles. The summed E-state index contributed by atoms with van der Waals surface area (Å²) in [5.41, 5.74) is 3.93. The molecule has 2 aromatic rings. The number of nitrogens with zero attached hydrogens (tertiary/aromatic N) is 5. The number of hydrogen-bond acceptors (Lipinski definition) is 5. The molecule has 3 unspecified atom stereocenters. The molecule has 7 nitrogen and oxygen atoms in total. The zero-order valence-electron chi connectivity index (χ0n) is 19.4. The van der Waals surface area contributed by atoms with Crippen molar-refractivity contribution >= 4 is 11.6 Å². The van der Waals surface area contributed by atoms with E-state index in [2.05, 4.69) is 51.8 Å². The Balaban J connectivity index is 1.20. The van der Waals surface area contributed by atoms with Gasteiger partial charge in [0.25, 0.3) is 5.91 Å². The maximum absolute atomic E-state index is 12.7. The van der Waals surface area contributed by atoms with Gasteiger partial charge in [-0.2, -0.15) is 10.2 Å². The molecular formula is C26H32N6O. The van der Waals surface area contributed by atoms with Crippen LogP contribution in [-0.4, -0.2) is 37.1 Å². The lowest BCUT2D eigenvalue weighted by Crippen LogP contribution is -2.51. The molecule has 0 aromatic carbocycles. The topological polar surface area (TPSA) is 85.6 Å². The van der Waals surface area contributed by atoms with E-state index in [4.69, 9.17) is 0 Å². The fourth-order valence-electron chi connectivity index (χ4n) is 7.71. The van der Waals surface area contributed by atoms with E-state index in [1.807, 2.05) is 10.9 Å². The van der Waals surface area contributed by atoms with Crippen LogP contribution in [0.5, 0.6) is 0 Å². The summed E-state index contributed by atoms with van der Waals surface area (Å²) in [5.74, 6) is 2.06. The van der Waals surface area contributed by atoms with Crippen molar-refractivity contribution in [2.24, 2.45) is 28.6 Å². The average molecular weight is 445 g/mol. The Morgan fingerprint density at radius 1 is 1.03 bits per heavy atom. The van der Waals surface area contributed by atoms with Gasteiger partial charge >= 0.3 is 0 Å². The fraction of sp³-hybridized carbons (Fsp3) is 0.577. The van der Waals surface area contributed by atoms with E-state index in [9.17, 15) is 4.79 Å². The van der Waals surface area contributed by atoms with Gasteiger partial charge in [0.05, 0.1) is 30.4 Å². The van der Waals surface area contributed by atoms with E-state index in [0.29, 0.717) is 17.4 Å². The Hall–Kier alpha value is -2.83. The smallest absolute Gasteiger partial charge is 0.253 e. The number of allylic oxidation sites excluding steroid dienone is 3. The van der Waals surface area contributed by atoms with Crippen molar-refractivity contribution in [3.8, 4) is 0 Å². The lowest BCUT2D eigenvalue weighted by atomic mass is 9.47. The Kier molecular flexibility index (Phi) is 4.78. The van der Waals surface area contributed by atoms with Crippen molar-refractivity contribution in [1.82, 2.24) is 30.5 Å². The third-order valence-electron chi connectivity index (χ3n) is 9.49. The van der Waals surface area contributed by atoms with Gasteiger partial charge in [-0.25, -0.2) is 4.68 Å². The molecule has 6 rings (SSSR count). The van der Waals surface area contributed by atoms with E-state index in [1.54, 1.807) is 24.0 Å². The summed E-state index contributed by atoms with van der Waals surface area (Å²) in [5, 5.41) is 19.2. The van der Waals surface area contributed by atoms with Gasteiger partial charge in [-0.1, -0.05) is 36.8 Å². The van der Waals surface area contributed by atoms with Crippen molar-refractivity contribution < 1.29 is 4.79 Å². The van der Waals surface area contributed by atoms with E-state index in [0.717, 1.165) is 38.0 Å². The standard InChI is InChI=1S/C26H32N6O/c1-25-10-7-19(30-24(33)17-9-12-27-29-16-17)15-18(25)3-4-20-21-5-6-23(32-14-13-28-31-32)26(21,2)11-8-22(20)25/h3,6,9,12-14,16,19-22H,4-5,7-8,10-11,15H2,1-2H3,(H,30,33)/t19-,20?,21?,22?,25-,26-/m0/s1. The van der Waals surface area contributed by atoms with Crippen molar-refractivity contribution in [2.75, 3.05) is 0 Å². The van der Waals surface area contributed by atoms with E-state index >= 15 is 0 Å². The van der Waals surface area contributed by atoms with Gasteiger partial charge in [0.15, 0.2) is 0 Å². The minimum atomic E-state index is -0.0427. The highest BCUT2D eigenvalue weighted by Crippen LogP contribution is 2.65. The van der Waals surface area contributed by atoms with Gasteiger partial charge in [0, 0.05) is 17.2 Å². The molecule has 1 N–H and O–H groups in total. The van der Waals surface area contributed by atoms with E-state index in [1.165, 1.54) is 24.7 Å². The average Bonchev–Trinajstić information content (AvgIpc) is 3.47. The first-order chi connectivity index (χ1) is 16.0. The van der Waals surface area contributed by atoms with Crippen LogP contribution < -0.4 is 5.32 Å². The molecule has 33 heavy (non-hydrogen) atoms. The van der Waals surface area contributed by atoms with Crippen LogP contribution in [0.1, 0.15) is 69.2 Å². The molecule has 1 amide bonds. The van der Waals surface area contributed by atoms with Gasteiger partial charge in [-0.05, 0) is 74.2 Å². The quantitative estimate of drug-likeness (QED) is 0.714. The molecule has 0 aliphatic heterocycles. The van der Waals surface area contributed by atoms with Crippen LogP contribution in [0.3, 0.4) is 0 Å².